The summed E-state index contributed by atoms with van der Waals surface area (Å²) in [7, 11) is 1.56. The first-order chi connectivity index (χ1) is 10.1. The summed E-state index contributed by atoms with van der Waals surface area (Å²) in [5.74, 6) is -0.957. The molecule has 0 fully saturated rings. The van der Waals surface area contributed by atoms with Gasteiger partial charge in [-0.05, 0) is 29.8 Å². The van der Waals surface area contributed by atoms with Gasteiger partial charge in [-0.2, -0.15) is 4.39 Å². The van der Waals surface area contributed by atoms with Gasteiger partial charge in [0, 0.05) is 24.9 Å². The van der Waals surface area contributed by atoms with Gasteiger partial charge < -0.3 is 10.1 Å². The summed E-state index contributed by atoms with van der Waals surface area (Å²) in [4.78, 5) is 15.4. The molecule has 0 bridgehead atoms. The topological polar surface area (TPSA) is 51.2 Å². The van der Waals surface area contributed by atoms with E-state index in [-0.39, 0.29) is 18.6 Å². The molecular formula is C15H14ClFN2O2. The maximum absolute atomic E-state index is 12.7. The lowest BCUT2D eigenvalue weighted by atomic mass is 10.1. The Morgan fingerprint density at radius 3 is 2.62 bits per heavy atom. The van der Waals surface area contributed by atoms with Gasteiger partial charge in [0.05, 0.1) is 11.7 Å². The van der Waals surface area contributed by atoms with Crippen LogP contribution in [0.4, 0.5) is 4.39 Å². The van der Waals surface area contributed by atoms with Crippen LogP contribution >= 0.6 is 11.6 Å². The van der Waals surface area contributed by atoms with E-state index in [1.807, 2.05) is 12.1 Å². The van der Waals surface area contributed by atoms with E-state index in [1.165, 1.54) is 12.3 Å². The standard InChI is InChI=1S/C15H14ClFN2O2/c1-21-13(10-2-5-12(16)6-3-10)9-19-15(20)11-4-7-14(17)18-8-11/h2-8,13H,9H2,1H3,(H,19,20)/t13-/m1/s1. The highest BCUT2D eigenvalue weighted by Gasteiger charge is 2.13. The molecule has 0 aliphatic heterocycles. The van der Waals surface area contributed by atoms with Gasteiger partial charge in [0.25, 0.3) is 5.91 Å². The average molecular weight is 309 g/mol. The highest BCUT2D eigenvalue weighted by Crippen LogP contribution is 2.18. The quantitative estimate of drug-likeness (QED) is 0.864. The first-order valence-corrected chi connectivity index (χ1v) is 6.66. The molecule has 1 atom stereocenters. The summed E-state index contributed by atoms with van der Waals surface area (Å²) in [6.07, 6.45) is 0.897. The van der Waals surface area contributed by atoms with E-state index in [1.54, 1.807) is 19.2 Å². The number of methoxy groups -OCH3 is 1. The lowest BCUT2D eigenvalue weighted by molar-refractivity contribution is 0.0827. The van der Waals surface area contributed by atoms with Crippen LogP contribution in [0.1, 0.15) is 22.0 Å². The van der Waals surface area contributed by atoms with E-state index in [0.717, 1.165) is 11.6 Å². The summed E-state index contributed by atoms with van der Waals surface area (Å²) in [6, 6.07) is 9.71. The zero-order valence-corrected chi connectivity index (χ0v) is 12.1. The van der Waals surface area contributed by atoms with Gasteiger partial charge >= 0.3 is 0 Å². The molecule has 1 N–H and O–H groups in total. The van der Waals surface area contributed by atoms with Crippen molar-refractivity contribution in [1.82, 2.24) is 10.3 Å². The number of pyridine rings is 1. The van der Waals surface area contributed by atoms with Crippen LogP contribution in [0.2, 0.25) is 5.02 Å². The minimum absolute atomic E-state index is 0.286. The Labute approximate surface area is 126 Å². The maximum atomic E-state index is 12.7. The Hall–Kier alpha value is -1.98. The normalized spacial score (nSPS) is 12.0. The summed E-state index contributed by atoms with van der Waals surface area (Å²) in [5.41, 5.74) is 1.20. The number of rotatable bonds is 5. The van der Waals surface area contributed by atoms with Gasteiger partial charge in [-0.3, -0.25) is 4.79 Å². The van der Waals surface area contributed by atoms with Crippen molar-refractivity contribution in [3.05, 3.63) is 64.7 Å². The van der Waals surface area contributed by atoms with Gasteiger partial charge in [-0.25, -0.2) is 4.98 Å². The highest BCUT2D eigenvalue weighted by molar-refractivity contribution is 6.30. The molecule has 1 aromatic heterocycles. The molecular weight excluding hydrogens is 295 g/mol. The molecule has 1 amide bonds. The number of carbonyl (C=O) groups excluding carboxylic acids is 1. The molecule has 110 valence electrons. The van der Waals surface area contributed by atoms with Crippen molar-refractivity contribution in [2.24, 2.45) is 0 Å². The first-order valence-electron chi connectivity index (χ1n) is 6.28. The van der Waals surface area contributed by atoms with Gasteiger partial charge in [0.15, 0.2) is 0 Å². The van der Waals surface area contributed by atoms with E-state index in [4.69, 9.17) is 16.3 Å². The van der Waals surface area contributed by atoms with Crippen molar-refractivity contribution in [3.8, 4) is 0 Å². The fourth-order valence-corrected chi connectivity index (χ4v) is 1.94. The molecule has 0 aliphatic rings. The number of ether oxygens (including phenoxy) is 1. The van der Waals surface area contributed by atoms with Crippen LogP contribution in [0.3, 0.4) is 0 Å². The molecule has 0 saturated heterocycles. The van der Waals surface area contributed by atoms with Gasteiger partial charge in [0.1, 0.15) is 0 Å². The Morgan fingerprint density at radius 1 is 1.33 bits per heavy atom. The smallest absolute Gasteiger partial charge is 0.252 e. The minimum atomic E-state index is -0.623. The monoisotopic (exact) mass is 308 g/mol. The number of aromatic nitrogens is 1. The van der Waals surface area contributed by atoms with Crippen LogP contribution in [0.15, 0.2) is 42.6 Å². The molecule has 4 nitrogen and oxygen atoms in total. The largest absolute Gasteiger partial charge is 0.375 e. The number of halogens is 2. The zero-order valence-electron chi connectivity index (χ0n) is 11.3. The fourth-order valence-electron chi connectivity index (χ4n) is 1.81. The van der Waals surface area contributed by atoms with E-state index >= 15 is 0 Å². The van der Waals surface area contributed by atoms with Crippen molar-refractivity contribution in [1.29, 1.82) is 0 Å². The molecule has 0 spiro atoms. The maximum Gasteiger partial charge on any atom is 0.252 e. The van der Waals surface area contributed by atoms with E-state index in [0.29, 0.717) is 10.6 Å². The second kappa shape index (κ2) is 7.15. The van der Waals surface area contributed by atoms with Crippen LogP contribution in [0.25, 0.3) is 0 Å². The zero-order chi connectivity index (χ0) is 15.2. The third-order valence-corrected chi connectivity index (χ3v) is 3.22. The Kier molecular flexibility index (Phi) is 5.25. The predicted octanol–water partition coefficient (Wildman–Crippen LogP) is 2.99. The Balaban J connectivity index is 1.98. The lowest BCUT2D eigenvalue weighted by Gasteiger charge is -2.16. The Bertz CT molecular complexity index is 602. The third kappa shape index (κ3) is 4.24. The van der Waals surface area contributed by atoms with Gasteiger partial charge in [0.2, 0.25) is 5.95 Å². The molecule has 0 unspecified atom stereocenters. The molecule has 2 rings (SSSR count). The molecule has 0 radical (unpaired) electrons. The second-order valence-corrected chi connectivity index (χ2v) is 4.79. The van der Waals surface area contributed by atoms with E-state index in [2.05, 4.69) is 10.3 Å². The second-order valence-electron chi connectivity index (χ2n) is 4.36. The molecule has 0 aliphatic carbocycles. The summed E-state index contributed by atoms with van der Waals surface area (Å²) in [6.45, 7) is 0.286. The Morgan fingerprint density at radius 2 is 2.05 bits per heavy atom. The van der Waals surface area contributed by atoms with Crippen LogP contribution in [0, 0.1) is 5.95 Å². The summed E-state index contributed by atoms with van der Waals surface area (Å²) in [5, 5.41) is 3.36. The molecule has 21 heavy (non-hydrogen) atoms. The van der Waals surface area contributed by atoms with Crippen LogP contribution < -0.4 is 5.32 Å². The number of carbonyl (C=O) groups is 1. The number of hydrogen-bond acceptors (Lipinski definition) is 3. The van der Waals surface area contributed by atoms with Gasteiger partial charge in [-0.15, -0.1) is 0 Å². The number of benzene rings is 1. The van der Waals surface area contributed by atoms with Crippen molar-refractivity contribution in [3.63, 3.8) is 0 Å². The SMILES string of the molecule is CO[C@H](CNC(=O)c1ccc(F)nc1)c1ccc(Cl)cc1. The van der Waals surface area contributed by atoms with E-state index in [9.17, 15) is 9.18 Å². The van der Waals surface area contributed by atoms with Crippen LogP contribution in [-0.2, 0) is 4.74 Å². The summed E-state index contributed by atoms with van der Waals surface area (Å²) < 4.78 is 18.0. The van der Waals surface area contributed by atoms with Crippen molar-refractivity contribution in [2.75, 3.05) is 13.7 Å². The minimum Gasteiger partial charge on any atom is -0.375 e. The van der Waals surface area contributed by atoms with Crippen LogP contribution in [0.5, 0.6) is 0 Å². The molecule has 2 aromatic rings. The first kappa shape index (κ1) is 15.4. The number of nitrogens with zero attached hydrogens (tertiary/aromatic N) is 1. The van der Waals surface area contributed by atoms with Gasteiger partial charge in [-0.1, -0.05) is 23.7 Å². The number of hydrogen-bond donors (Lipinski definition) is 1. The summed E-state index contributed by atoms with van der Waals surface area (Å²) >= 11 is 5.83. The van der Waals surface area contributed by atoms with Crippen molar-refractivity contribution < 1.29 is 13.9 Å². The van der Waals surface area contributed by atoms with E-state index < -0.39 is 5.95 Å². The average Bonchev–Trinajstić information content (AvgIpc) is 2.50. The lowest BCUT2D eigenvalue weighted by Crippen LogP contribution is -2.29. The number of amides is 1. The fraction of sp³-hybridized carbons (Fsp3) is 0.200. The third-order valence-electron chi connectivity index (χ3n) is 2.96. The molecule has 0 saturated carbocycles. The number of nitrogens with one attached hydrogen (secondary N) is 1. The van der Waals surface area contributed by atoms with Crippen molar-refractivity contribution >= 4 is 17.5 Å². The predicted molar refractivity (Wildman–Crippen MR) is 77.7 cm³/mol. The molecule has 6 heteroatoms. The molecule has 1 heterocycles. The molecule has 1 aromatic carbocycles. The highest BCUT2D eigenvalue weighted by atomic mass is 35.5. The van der Waals surface area contributed by atoms with Crippen LogP contribution in [-0.4, -0.2) is 24.5 Å². The van der Waals surface area contributed by atoms with Crippen molar-refractivity contribution in [2.45, 2.75) is 6.10 Å².